The van der Waals surface area contributed by atoms with Crippen LogP contribution in [-0.4, -0.2) is 32.6 Å². The van der Waals surface area contributed by atoms with E-state index < -0.39 is 16.0 Å². The second kappa shape index (κ2) is 5.48. The van der Waals surface area contributed by atoms with Crippen LogP contribution >= 0.6 is 15.9 Å². The van der Waals surface area contributed by atoms with E-state index in [0.717, 1.165) is 5.56 Å². The Labute approximate surface area is 118 Å². The van der Waals surface area contributed by atoms with Gasteiger partial charge in [0.25, 0.3) is 0 Å². The maximum absolute atomic E-state index is 12.1. The zero-order chi connectivity index (χ0) is 14.0. The molecule has 1 heterocycles. The summed E-state index contributed by atoms with van der Waals surface area (Å²) in [6.07, 6.45) is 0.392. The summed E-state index contributed by atoms with van der Waals surface area (Å²) in [6, 6.07) is 3.27. The summed E-state index contributed by atoms with van der Waals surface area (Å²) in [5.41, 5.74) is 0.827. The molecule has 6 nitrogen and oxygen atoms in total. The Morgan fingerprint density at radius 3 is 2.89 bits per heavy atom. The summed E-state index contributed by atoms with van der Waals surface area (Å²) in [7, 11) is -3.77. The maximum atomic E-state index is 12.1. The summed E-state index contributed by atoms with van der Waals surface area (Å²) in [5.74, 6) is -0.704. The van der Waals surface area contributed by atoms with E-state index in [2.05, 4.69) is 20.7 Å². The molecule has 0 aromatic heterocycles. The molecule has 0 spiro atoms. The van der Waals surface area contributed by atoms with Gasteiger partial charge in [0, 0.05) is 23.0 Å². The number of ether oxygens (including phenoxy) is 1. The number of hydrogen-bond acceptors (Lipinski definition) is 4. The van der Waals surface area contributed by atoms with Gasteiger partial charge in [-0.1, -0.05) is 15.9 Å². The Kier molecular flexibility index (Phi) is 4.12. The van der Waals surface area contributed by atoms with Crippen LogP contribution in [0.5, 0.6) is 5.75 Å². The molecule has 2 N–H and O–H groups in total. The highest BCUT2D eigenvalue weighted by Crippen LogP contribution is 2.35. The van der Waals surface area contributed by atoms with Crippen LogP contribution in [0.4, 0.5) is 0 Å². The molecule has 1 aromatic carbocycles. The zero-order valence-corrected chi connectivity index (χ0v) is 12.3. The fourth-order valence-corrected chi connectivity index (χ4v) is 3.70. The van der Waals surface area contributed by atoms with E-state index in [9.17, 15) is 13.2 Å². The van der Waals surface area contributed by atoms with Crippen molar-refractivity contribution in [1.29, 1.82) is 0 Å². The summed E-state index contributed by atoms with van der Waals surface area (Å²) in [5, 5.41) is 8.51. The number of benzene rings is 1. The van der Waals surface area contributed by atoms with Crippen LogP contribution in [0.25, 0.3) is 0 Å². The molecule has 0 atom stereocenters. The number of fused-ring (bicyclic) bond motifs is 1. The quantitative estimate of drug-likeness (QED) is 0.831. The molecular formula is C11H12BrNO5S. The molecule has 2 rings (SSSR count). The monoisotopic (exact) mass is 349 g/mol. The molecular weight excluding hydrogens is 338 g/mol. The van der Waals surface area contributed by atoms with Crippen molar-refractivity contribution < 1.29 is 23.1 Å². The number of rotatable bonds is 5. The van der Waals surface area contributed by atoms with Crippen molar-refractivity contribution >= 4 is 31.9 Å². The minimum absolute atomic E-state index is 0.0414. The molecule has 0 bridgehead atoms. The minimum Gasteiger partial charge on any atom is -0.492 e. The lowest BCUT2D eigenvalue weighted by Crippen LogP contribution is -2.26. The van der Waals surface area contributed by atoms with Gasteiger partial charge in [-0.05, 0) is 12.1 Å². The van der Waals surface area contributed by atoms with Gasteiger partial charge in [0.1, 0.15) is 10.6 Å². The van der Waals surface area contributed by atoms with Gasteiger partial charge >= 0.3 is 5.97 Å². The van der Waals surface area contributed by atoms with E-state index in [0.29, 0.717) is 23.2 Å². The standard InChI is InChI=1S/C11H12BrNO5S/c12-8-5-7-2-4-18-11(7)9(6-8)19(16,17)13-3-1-10(14)15/h5-6,13H,1-4H2,(H,14,15). The van der Waals surface area contributed by atoms with E-state index in [1.165, 1.54) is 6.07 Å². The third-order valence-electron chi connectivity index (χ3n) is 2.63. The first-order valence-corrected chi connectivity index (χ1v) is 7.84. The zero-order valence-electron chi connectivity index (χ0n) is 9.85. The second-order valence-electron chi connectivity index (χ2n) is 4.03. The van der Waals surface area contributed by atoms with Crippen LogP contribution in [0.1, 0.15) is 12.0 Å². The molecule has 0 unspecified atom stereocenters. The lowest BCUT2D eigenvalue weighted by Gasteiger charge is -2.10. The molecule has 1 aliphatic rings. The number of halogens is 1. The highest BCUT2D eigenvalue weighted by Gasteiger charge is 2.26. The first-order valence-electron chi connectivity index (χ1n) is 5.57. The number of carboxylic acids is 1. The van der Waals surface area contributed by atoms with Crippen molar-refractivity contribution in [3.05, 3.63) is 22.2 Å². The SMILES string of the molecule is O=C(O)CCNS(=O)(=O)c1cc(Br)cc2c1OCC2. The Morgan fingerprint density at radius 1 is 1.47 bits per heavy atom. The van der Waals surface area contributed by atoms with E-state index in [-0.39, 0.29) is 17.9 Å². The highest BCUT2D eigenvalue weighted by molar-refractivity contribution is 9.10. The van der Waals surface area contributed by atoms with Crippen molar-refractivity contribution in [2.24, 2.45) is 0 Å². The molecule has 1 aliphatic heterocycles. The van der Waals surface area contributed by atoms with Crippen molar-refractivity contribution in [1.82, 2.24) is 4.72 Å². The Bertz CT molecular complexity index is 614. The highest BCUT2D eigenvalue weighted by atomic mass is 79.9. The average molecular weight is 350 g/mol. The molecule has 0 radical (unpaired) electrons. The summed E-state index contributed by atoms with van der Waals surface area (Å²) in [6.45, 7) is 0.294. The van der Waals surface area contributed by atoms with E-state index in [1.54, 1.807) is 0 Å². The number of sulfonamides is 1. The third kappa shape index (κ3) is 3.26. The fourth-order valence-electron chi connectivity index (χ4n) is 1.80. The largest absolute Gasteiger partial charge is 0.492 e. The number of aliphatic carboxylic acids is 1. The van der Waals surface area contributed by atoms with Crippen molar-refractivity contribution in [2.45, 2.75) is 17.7 Å². The Balaban J connectivity index is 2.28. The molecule has 104 valence electrons. The fraction of sp³-hybridized carbons (Fsp3) is 0.364. The first-order chi connectivity index (χ1) is 8.90. The lowest BCUT2D eigenvalue weighted by molar-refractivity contribution is -0.136. The van der Waals surface area contributed by atoms with Crippen LogP contribution in [0.3, 0.4) is 0 Å². The van der Waals surface area contributed by atoms with Crippen LogP contribution in [0, 0.1) is 0 Å². The van der Waals surface area contributed by atoms with Gasteiger partial charge < -0.3 is 9.84 Å². The molecule has 19 heavy (non-hydrogen) atoms. The number of carbonyl (C=O) groups is 1. The topological polar surface area (TPSA) is 92.7 Å². The van der Waals surface area contributed by atoms with E-state index in [1.807, 2.05) is 6.07 Å². The molecule has 1 aromatic rings. The molecule has 0 saturated heterocycles. The smallest absolute Gasteiger partial charge is 0.304 e. The van der Waals surface area contributed by atoms with Crippen molar-refractivity contribution in [3.63, 3.8) is 0 Å². The Morgan fingerprint density at radius 2 is 2.21 bits per heavy atom. The summed E-state index contributed by atoms with van der Waals surface area (Å²) >= 11 is 3.26. The van der Waals surface area contributed by atoms with Gasteiger partial charge in [0.05, 0.1) is 13.0 Å². The van der Waals surface area contributed by atoms with Crippen molar-refractivity contribution in [2.75, 3.05) is 13.2 Å². The second-order valence-corrected chi connectivity index (χ2v) is 6.68. The van der Waals surface area contributed by atoms with Crippen LogP contribution < -0.4 is 9.46 Å². The van der Waals surface area contributed by atoms with Gasteiger partial charge in [-0.3, -0.25) is 4.79 Å². The molecule has 0 fully saturated rings. The first kappa shape index (κ1) is 14.3. The normalized spacial score (nSPS) is 13.9. The van der Waals surface area contributed by atoms with Crippen LogP contribution in [0.15, 0.2) is 21.5 Å². The number of hydrogen-bond donors (Lipinski definition) is 2. The van der Waals surface area contributed by atoms with Crippen LogP contribution in [-0.2, 0) is 21.2 Å². The predicted molar refractivity (Wildman–Crippen MR) is 70.8 cm³/mol. The maximum Gasteiger partial charge on any atom is 0.304 e. The average Bonchev–Trinajstić information content (AvgIpc) is 2.74. The number of carboxylic acid groups (broad SMARTS) is 1. The molecule has 0 amide bonds. The van der Waals surface area contributed by atoms with Crippen LogP contribution in [0.2, 0.25) is 0 Å². The van der Waals surface area contributed by atoms with Crippen molar-refractivity contribution in [3.8, 4) is 5.75 Å². The van der Waals surface area contributed by atoms with E-state index in [4.69, 9.17) is 9.84 Å². The van der Waals surface area contributed by atoms with Gasteiger partial charge in [0.2, 0.25) is 10.0 Å². The van der Waals surface area contributed by atoms with Gasteiger partial charge in [-0.15, -0.1) is 0 Å². The summed E-state index contributed by atoms with van der Waals surface area (Å²) in [4.78, 5) is 10.4. The Hall–Kier alpha value is -1.12. The predicted octanol–water partition coefficient (Wildman–Crippen LogP) is 1.14. The summed E-state index contributed by atoms with van der Waals surface area (Å²) < 4.78 is 32.5. The molecule has 8 heteroatoms. The number of nitrogens with one attached hydrogen (secondary N) is 1. The van der Waals surface area contributed by atoms with Gasteiger partial charge in [-0.25, -0.2) is 13.1 Å². The van der Waals surface area contributed by atoms with Gasteiger partial charge in [-0.2, -0.15) is 0 Å². The minimum atomic E-state index is -3.77. The third-order valence-corrected chi connectivity index (χ3v) is 4.56. The van der Waals surface area contributed by atoms with E-state index >= 15 is 0 Å². The molecule has 0 saturated carbocycles. The lowest BCUT2D eigenvalue weighted by atomic mass is 10.2. The molecule has 0 aliphatic carbocycles. The van der Waals surface area contributed by atoms with Gasteiger partial charge in [0.15, 0.2) is 0 Å².